The highest BCUT2D eigenvalue weighted by Crippen LogP contribution is 2.33. The number of rotatable bonds is 7. The normalized spacial score (nSPS) is 13.7. The molecule has 0 aliphatic rings. The Morgan fingerprint density at radius 3 is 2.36 bits per heavy atom. The van der Waals surface area contributed by atoms with E-state index in [2.05, 4.69) is 5.10 Å². The first-order valence-corrected chi connectivity index (χ1v) is 9.03. The first-order valence-electron chi connectivity index (χ1n) is 9.03. The molecule has 1 aromatic rings. The molecule has 28 heavy (non-hydrogen) atoms. The van der Waals surface area contributed by atoms with Crippen LogP contribution in [0, 0.1) is 0 Å². The summed E-state index contributed by atoms with van der Waals surface area (Å²) in [6.07, 6.45) is 11.7. The van der Waals surface area contributed by atoms with Crippen LogP contribution >= 0.6 is 0 Å². The fourth-order valence-electron chi connectivity index (χ4n) is 2.57. The summed E-state index contributed by atoms with van der Waals surface area (Å²) in [5.41, 5.74) is 2.39. The van der Waals surface area contributed by atoms with Crippen molar-refractivity contribution in [2.24, 2.45) is 10.9 Å². The zero-order valence-corrected chi connectivity index (χ0v) is 17.0. The molecule has 0 atom stereocenters. The topological polar surface area (TPSA) is 99.2 Å². The monoisotopic (exact) mass is 383 g/mol. The third kappa shape index (κ3) is 5.61. The van der Waals surface area contributed by atoms with Gasteiger partial charge in [-0.05, 0) is 44.4 Å². The predicted molar refractivity (Wildman–Crippen MR) is 114 cm³/mol. The predicted octanol–water partition coefficient (Wildman–Crippen LogP) is 4.28. The lowest BCUT2D eigenvalue weighted by Crippen LogP contribution is -2.30. The van der Waals surface area contributed by atoms with E-state index >= 15 is 0 Å². The molecular formula is C22H29N3O3. The van der Waals surface area contributed by atoms with Crippen molar-refractivity contribution in [2.75, 3.05) is 0 Å². The van der Waals surface area contributed by atoms with Gasteiger partial charge in [-0.15, -0.1) is 0 Å². The number of phenolic OH excluding ortho intramolecular Hbond substituents is 2. The lowest BCUT2D eigenvalue weighted by Gasteiger charge is -2.22. The van der Waals surface area contributed by atoms with E-state index in [1.54, 1.807) is 25.1 Å². The Labute approximate surface area is 166 Å². The number of hydrazone groups is 1. The molecule has 0 saturated heterocycles. The van der Waals surface area contributed by atoms with E-state index in [0.717, 1.165) is 5.57 Å². The summed E-state index contributed by atoms with van der Waals surface area (Å²) in [5, 5.41) is 24.1. The van der Waals surface area contributed by atoms with Gasteiger partial charge in [0.1, 0.15) is 11.5 Å². The highest BCUT2D eigenvalue weighted by molar-refractivity contribution is 6.07. The fourth-order valence-corrected chi connectivity index (χ4v) is 2.57. The summed E-state index contributed by atoms with van der Waals surface area (Å²) >= 11 is 0. The van der Waals surface area contributed by atoms with Crippen molar-refractivity contribution in [3.63, 3.8) is 0 Å². The lowest BCUT2D eigenvalue weighted by atomic mass is 9.98. The first-order chi connectivity index (χ1) is 13.3. The zero-order chi connectivity index (χ0) is 21.3. The molecule has 0 bridgehead atoms. The van der Waals surface area contributed by atoms with E-state index < -0.39 is 0 Å². The van der Waals surface area contributed by atoms with Crippen LogP contribution in [0.1, 0.15) is 51.7 Å². The van der Waals surface area contributed by atoms with Gasteiger partial charge in [0.05, 0.1) is 5.56 Å². The molecule has 0 radical (unpaired) electrons. The van der Waals surface area contributed by atoms with Gasteiger partial charge in [0.15, 0.2) is 5.84 Å². The van der Waals surface area contributed by atoms with Gasteiger partial charge in [-0.2, -0.15) is 5.10 Å². The van der Waals surface area contributed by atoms with Gasteiger partial charge in [-0.25, -0.2) is 0 Å². The summed E-state index contributed by atoms with van der Waals surface area (Å²) in [5.74, 6) is 5.40. The second kappa shape index (κ2) is 10.8. The molecule has 0 aliphatic heterocycles. The third-order valence-corrected chi connectivity index (χ3v) is 4.11. The van der Waals surface area contributed by atoms with Gasteiger partial charge in [0, 0.05) is 11.8 Å². The molecule has 0 unspecified atom stereocenters. The molecule has 1 amide bonds. The number of hydrogen-bond acceptors (Lipinski definition) is 5. The van der Waals surface area contributed by atoms with E-state index in [1.807, 2.05) is 52.0 Å². The minimum Gasteiger partial charge on any atom is -0.508 e. The molecule has 0 spiro atoms. The van der Waals surface area contributed by atoms with Crippen LogP contribution in [0.3, 0.4) is 0 Å². The number of allylic oxidation sites excluding steroid dienone is 7. The molecule has 6 heteroatoms. The van der Waals surface area contributed by atoms with Crippen molar-refractivity contribution in [1.29, 1.82) is 0 Å². The number of amidine groups is 1. The number of amides is 1. The van der Waals surface area contributed by atoms with Crippen molar-refractivity contribution in [1.82, 2.24) is 4.90 Å². The maximum absolute atomic E-state index is 11.9. The molecule has 1 rings (SSSR count). The van der Waals surface area contributed by atoms with Gasteiger partial charge in [-0.3, -0.25) is 9.69 Å². The number of nitrogens with zero attached hydrogens (tertiary/aromatic N) is 2. The summed E-state index contributed by atoms with van der Waals surface area (Å²) in [6, 6.07) is 2.82. The molecule has 150 valence electrons. The van der Waals surface area contributed by atoms with Crippen LogP contribution < -0.4 is 5.84 Å². The molecule has 0 aromatic heterocycles. The number of carbonyl (C=O) groups excluding carboxylic acids is 1. The fraction of sp³-hybridized carbons (Fsp3) is 0.273. The summed E-state index contributed by atoms with van der Waals surface area (Å²) < 4.78 is 0. The van der Waals surface area contributed by atoms with Crippen LogP contribution in [0.4, 0.5) is 0 Å². The number of carbonyl (C=O) groups is 1. The van der Waals surface area contributed by atoms with Gasteiger partial charge in [0.25, 0.3) is 0 Å². The van der Waals surface area contributed by atoms with Crippen LogP contribution in [0.25, 0.3) is 0 Å². The van der Waals surface area contributed by atoms with Gasteiger partial charge in [-0.1, -0.05) is 49.8 Å². The largest absolute Gasteiger partial charge is 0.508 e. The van der Waals surface area contributed by atoms with E-state index in [9.17, 15) is 15.0 Å². The van der Waals surface area contributed by atoms with Crippen LogP contribution in [-0.2, 0) is 4.79 Å². The van der Waals surface area contributed by atoms with Crippen molar-refractivity contribution in [3.8, 4) is 11.5 Å². The number of phenols is 2. The molecule has 0 heterocycles. The number of hydrogen-bond donors (Lipinski definition) is 3. The second-order valence-corrected chi connectivity index (χ2v) is 6.49. The van der Waals surface area contributed by atoms with Crippen molar-refractivity contribution < 1.29 is 15.0 Å². The number of benzene rings is 1. The molecule has 0 aliphatic carbocycles. The van der Waals surface area contributed by atoms with Gasteiger partial charge >= 0.3 is 0 Å². The van der Waals surface area contributed by atoms with Crippen LogP contribution in [0.2, 0.25) is 0 Å². The second-order valence-electron chi connectivity index (χ2n) is 6.49. The molecule has 1 aromatic carbocycles. The van der Waals surface area contributed by atoms with Crippen molar-refractivity contribution >= 4 is 12.2 Å². The van der Waals surface area contributed by atoms with Crippen molar-refractivity contribution in [3.05, 3.63) is 71.0 Å². The zero-order valence-electron chi connectivity index (χ0n) is 17.0. The smallest absolute Gasteiger partial charge is 0.219 e. The minimum atomic E-state index is -0.221. The molecular weight excluding hydrogens is 354 g/mol. The van der Waals surface area contributed by atoms with Crippen molar-refractivity contribution in [2.45, 2.75) is 40.5 Å². The van der Waals surface area contributed by atoms with Gasteiger partial charge in [0.2, 0.25) is 6.41 Å². The maximum atomic E-state index is 11.9. The van der Waals surface area contributed by atoms with E-state index in [-0.39, 0.29) is 28.8 Å². The van der Waals surface area contributed by atoms with Gasteiger partial charge < -0.3 is 16.1 Å². The highest BCUT2D eigenvalue weighted by atomic mass is 16.3. The quantitative estimate of drug-likeness (QED) is 0.163. The standard InChI is InChI=1S/C22H29N3O3/c1-6-8-9-16(5)10-11-17(7-2)25(14-26)22(24-23)19-12-18(15(3)4)20(27)13-21(19)28/h6-15,27-28H,23H2,1-5H3/b8-6-,11-10-,16-9+,17-7+,24-22-. The molecule has 0 fully saturated rings. The molecule has 6 nitrogen and oxygen atoms in total. The third-order valence-electron chi connectivity index (χ3n) is 4.11. The Balaban J connectivity index is 3.41. The molecule has 4 N–H and O–H groups in total. The van der Waals surface area contributed by atoms with E-state index in [0.29, 0.717) is 17.7 Å². The Morgan fingerprint density at radius 1 is 1.18 bits per heavy atom. The summed E-state index contributed by atoms with van der Waals surface area (Å²) in [6.45, 7) is 9.47. The first kappa shape index (κ1) is 22.8. The number of aromatic hydroxyl groups is 2. The van der Waals surface area contributed by atoms with Crippen LogP contribution in [-0.4, -0.2) is 27.4 Å². The minimum absolute atomic E-state index is 0.00328. The summed E-state index contributed by atoms with van der Waals surface area (Å²) in [4.78, 5) is 13.1. The highest BCUT2D eigenvalue weighted by Gasteiger charge is 2.21. The average Bonchev–Trinajstić information content (AvgIpc) is 2.66. The Bertz CT molecular complexity index is 847. The maximum Gasteiger partial charge on any atom is 0.219 e. The SMILES string of the molecule is C\C=C/C=C(C)/C=C\C(=C/C)N(C=O)/C(=N\N)c1cc(C(C)C)c(O)cc1O. The van der Waals surface area contributed by atoms with Crippen LogP contribution in [0.15, 0.2) is 65.0 Å². The van der Waals surface area contributed by atoms with E-state index in [4.69, 9.17) is 5.84 Å². The summed E-state index contributed by atoms with van der Waals surface area (Å²) in [7, 11) is 0. The Morgan fingerprint density at radius 2 is 1.86 bits per heavy atom. The molecule has 0 saturated carbocycles. The average molecular weight is 383 g/mol. The lowest BCUT2D eigenvalue weighted by molar-refractivity contribution is -0.113. The number of nitrogens with two attached hydrogens (primary N) is 1. The van der Waals surface area contributed by atoms with Crippen LogP contribution in [0.5, 0.6) is 11.5 Å². The Hall–Kier alpha value is -3.28. The van der Waals surface area contributed by atoms with E-state index in [1.165, 1.54) is 11.0 Å². The Kier molecular flexibility index (Phi) is 8.75.